The largest absolute Gasteiger partial charge is 0.481 e. The predicted octanol–water partition coefficient (Wildman–Crippen LogP) is 1.56. The maximum absolute atomic E-state index is 12.9. The van der Waals surface area contributed by atoms with E-state index in [0.29, 0.717) is 0 Å². The minimum atomic E-state index is -5.13. The van der Waals surface area contributed by atoms with Crippen LogP contribution in [0.25, 0.3) is 0 Å². The molecule has 11 heteroatoms. The molecule has 0 aliphatic carbocycles. The van der Waals surface area contributed by atoms with Crippen LogP contribution >= 0.6 is 0 Å². The first-order valence-electron chi connectivity index (χ1n) is 7.35. The molecule has 1 saturated heterocycles. The minimum Gasteiger partial charge on any atom is -0.481 e. The predicted molar refractivity (Wildman–Crippen MR) is 83.3 cm³/mol. The highest BCUT2D eigenvalue weighted by molar-refractivity contribution is 7.93. The van der Waals surface area contributed by atoms with Crippen molar-refractivity contribution in [2.75, 3.05) is 6.54 Å². The number of hydrogen-bond acceptors (Lipinski definition) is 5. The molecule has 1 fully saturated rings. The highest BCUT2D eigenvalue weighted by Gasteiger charge is 2.40. The van der Waals surface area contributed by atoms with Gasteiger partial charge in [-0.1, -0.05) is 12.1 Å². The Balaban J connectivity index is 2.56. The standard InChI is InChI=1S/C14H17F2NO6S2/c1-9-6-7-10(13(18)19)8-17(9)25(22,23)12-5-3-2-4-11(12)24(20,21)14(15)16/h2-5,9-10,14H,6-8H2,1H3,(H,18,19). The summed E-state index contributed by atoms with van der Waals surface area (Å²) in [4.78, 5) is 9.41. The smallest absolute Gasteiger partial charge is 0.341 e. The van der Waals surface area contributed by atoms with Crippen LogP contribution in [0.2, 0.25) is 0 Å². The lowest BCUT2D eigenvalue weighted by molar-refractivity contribution is -0.143. The van der Waals surface area contributed by atoms with Crippen molar-refractivity contribution in [2.45, 2.75) is 41.4 Å². The molecule has 1 N–H and O–H groups in total. The molecule has 7 nitrogen and oxygen atoms in total. The van der Waals surface area contributed by atoms with Gasteiger partial charge in [-0.05, 0) is 31.9 Å². The Morgan fingerprint density at radius 1 is 1.16 bits per heavy atom. The molecule has 0 saturated carbocycles. The lowest BCUT2D eigenvalue weighted by Crippen LogP contribution is -2.47. The van der Waals surface area contributed by atoms with Crippen molar-refractivity contribution >= 4 is 25.8 Å². The third-order valence-electron chi connectivity index (χ3n) is 4.15. The third kappa shape index (κ3) is 3.67. The lowest BCUT2D eigenvalue weighted by Gasteiger charge is -2.35. The Morgan fingerprint density at radius 2 is 1.72 bits per heavy atom. The van der Waals surface area contributed by atoms with E-state index in [1.165, 1.54) is 6.07 Å². The summed E-state index contributed by atoms with van der Waals surface area (Å²) in [6.07, 6.45) is 0.541. The van der Waals surface area contributed by atoms with Gasteiger partial charge in [0.05, 0.1) is 10.8 Å². The summed E-state index contributed by atoms with van der Waals surface area (Å²) in [6.45, 7) is 1.21. The van der Waals surface area contributed by atoms with Crippen LogP contribution in [0.4, 0.5) is 8.78 Å². The van der Waals surface area contributed by atoms with E-state index in [0.717, 1.165) is 22.5 Å². The molecule has 2 unspecified atom stereocenters. The molecule has 0 radical (unpaired) electrons. The van der Waals surface area contributed by atoms with Crippen LogP contribution in [0.1, 0.15) is 19.8 Å². The van der Waals surface area contributed by atoms with E-state index in [4.69, 9.17) is 5.11 Å². The third-order valence-corrected chi connectivity index (χ3v) is 7.76. The molecule has 0 aromatic heterocycles. The van der Waals surface area contributed by atoms with E-state index < -0.39 is 53.3 Å². The van der Waals surface area contributed by atoms with E-state index in [1.54, 1.807) is 6.92 Å². The Labute approximate surface area is 144 Å². The normalized spacial score (nSPS) is 22.9. The van der Waals surface area contributed by atoms with E-state index in [-0.39, 0.29) is 19.4 Å². The number of benzene rings is 1. The van der Waals surface area contributed by atoms with Gasteiger partial charge in [0.25, 0.3) is 0 Å². The van der Waals surface area contributed by atoms with Crippen molar-refractivity contribution in [1.82, 2.24) is 4.31 Å². The molecule has 140 valence electrons. The summed E-state index contributed by atoms with van der Waals surface area (Å²) in [5.41, 5.74) is 0. The van der Waals surface area contributed by atoms with E-state index >= 15 is 0 Å². The molecular weight excluding hydrogens is 380 g/mol. The van der Waals surface area contributed by atoms with Crippen LogP contribution in [0.3, 0.4) is 0 Å². The fraction of sp³-hybridized carbons (Fsp3) is 0.500. The number of aliphatic carboxylic acids is 1. The van der Waals surface area contributed by atoms with Gasteiger partial charge in [0, 0.05) is 12.6 Å². The summed E-state index contributed by atoms with van der Waals surface area (Å²) < 4.78 is 76.0. The van der Waals surface area contributed by atoms with Crippen molar-refractivity contribution in [2.24, 2.45) is 5.92 Å². The number of rotatable bonds is 5. The zero-order chi connectivity index (χ0) is 19.0. The number of carboxylic acid groups (broad SMARTS) is 1. The number of piperidine rings is 1. The second kappa shape index (κ2) is 6.96. The van der Waals surface area contributed by atoms with Crippen LogP contribution < -0.4 is 0 Å². The number of sulfone groups is 1. The molecule has 1 heterocycles. The first kappa shape index (κ1) is 19.7. The summed E-state index contributed by atoms with van der Waals surface area (Å²) >= 11 is 0. The molecule has 1 aromatic carbocycles. The zero-order valence-electron chi connectivity index (χ0n) is 13.2. The topological polar surface area (TPSA) is 109 Å². The fourth-order valence-electron chi connectivity index (χ4n) is 2.73. The number of nitrogens with zero attached hydrogens (tertiary/aromatic N) is 1. The van der Waals surface area contributed by atoms with E-state index in [2.05, 4.69) is 0 Å². The van der Waals surface area contributed by atoms with Gasteiger partial charge in [-0.25, -0.2) is 16.8 Å². The Kier molecular flexibility index (Phi) is 5.50. The second-order valence-electron chi connectivity index (χ2n) is 5.79. The van der Waals surface area contributed by atoms with Gasteiger partial charge in [0.15, 0.2) is 0 Å². The lowest BCUT2D eigenvalue weighted by atomic mass is 9.96. The SMILES string of the molecule is CC1CCC(C(=O)O)CN1S(=O)(=O)c1ccccc1S(=O)(=O)C(F)F. The van der Waals surface area contributed by atoms with Crippen molar-refractivity contribution in [1.29, 1.82) is 0 Å². The summed E-state index contributed by atoms with van der Waals surface area (Å²) in [5.74, 6) is -5.88. The van der Waals surface area contributed by atoms with Crippen molar-refractivity contribution < 1.29 is 35.5 Å². The second-order valence-corrected chi connectivity index (χ2v) is 9.53. The van der Waals surface area contributed by atoms with E-state index in [9.17, 15) is 30.4 Å². The Hall–Kier alpha value is -1.59. The summed E-state index contributed by atoms with van der Waals surface area (Å²) in [7, 11) is -9.60. The van der Waals surface area contributed by atoms with Gasteiger partial charge in [0.2, 0.25) is 19.9 Å². The number of carboxylic acids is 1. The van der Waals surface area contributed by atoms with Crippen molar-refractivity contribution in [3.05, 3.63) is 24.3 Å². The molecule has 1 aliphatic heterocycles. The molecule has 25 heavy (non-hydrogen) atoms. The number of carbonyl (C=O) groups is 1. The first-order chi connectivity index (χ1) is 11.5. The maximum atomic E-state index is 12.9. The van der Waals surface area contributed by atoms with Gasteiger partial charge >= 0.3 is 11.7 Å². The molecular formula is C14H17F2NO6S2. The van der Waals surface area contributed by atoms with Crippen molar-refractivity contribution in [3.63, 3.8) is 0 Å². The van der Waals surface area contributed by atoms with E-state index in [1.807, 2.05) is 0 Å². The number of hydrogen-bond donors (Lipinski definition) is 1. The summed E-state index contributed by atoms with van der Waals surface area (Å²) in [5, 5.41) is 9.12. The van der Waals surface area contributed by atoms with Crippen LogP contribution in [-0.2, 0) is 24.7 Å². The van der Waals surface area contributed by atoms with Crippen LogP contribution in [0.5, 0.6) is 0 Å². The average Bonchev–Trinajstić information content (AvgIpc) is 2.54. The molecule has 0 bridgehead atoms. The molecule has 0 amide bonds. The molecule has 0 spiro atoms. The number of halogens is 2. The number of sulfonamides is 1. The first-order valence-corrected chi connectivity index (χ1v) is 10.3. The maximum Gasteiger partial charge on any atom is 0.341 e. The van der Waals surface area contributed by atoms with Gasteiger partial charge in [-0.15, -0.1) is 0 Å². The van der Waals surface area contributed by atoms with Gasteiger partial charge in [0.1, 0.15) is 4.90 Å². The Morgan fingerprint density at radius 3 is 2.24 bits per heavy atom. The highest BCUT2D eigenvalue weighted by atomic mass is 32.2. The van der Waals surface area contributed by atoms with Gasteiger partial charge < -0.3 is 5.11 Å². The molecule has 2 atom stereocenters. The molecule has 1 aromatic rings. The minimum absolute atomic E-state index is 0.264. The monoisotopic (exact) mass is 397 g/mol. The van der Waals surface area contributed by atoms with Crippen LogP contribution in [-0.4, -0.2) is 50.6 Å². The quantitative estimate of drug-likeness (QED) is 0.808. The Bertz CT molecular complexity index is 869. The van der Waals surface area contributed by atoms with Gasteiger partial charge in [-0.3, -0.25) is 4.79 Å². The zero-order valence-corrected chi connectivity index (χ0v) is 14.8. The average molecular weight is 397 g/mol. The fourth-order valence-corrected chi connectivity index (χ4v) is 5.99. The van der Waals surface area contributed by atoms with Crippen LogP contribution in [0, 0.1) is 5.92 Å². The molecule has 1 aliphatic rings. The number of alkyl halides is 2. The van der Waals surface area contributed by atoms with Crippen LogP contribution in [0.15, 0.2) is 34.1 Å². The summed E-state index contributed by atoms with van der Waals surface area (Å²) in [6, 6.07) is 3.52. The van der Waals surface area contributed by atoms with Gasteiger partial charge in [-0.2, -0.15) is 13.1 Å². The van der Waals surface area contributed by atoms with Crippen molar-refractivity contribution in [3.8, 4) is 0 Å². The molecule has 2 rings (SSSR count). The highest BCUT2D eigenvalue weighted by Crippen LogP contribution is 2.32.